The van der Waals surface area contributed by atoms with Gasteiger partial charge in [-0.05, 0) is 31.4 Å². The number of ether oxygens (including phenoxy) is 1. The summed E-state index contributed by atoms with van der Waals surface area (Å²) in [6, 6.07) is 9.14. The van der Waals surface area contributed by atoms with Crippen molar-refractivity contribution in [1.82, 2.24) is 10.6 Å². The SMILES string of the molecule is O=C(NCCCOc1ccccc1)NCC1(C(=O)O)CC1. The van der Waals surface area contributed by atoms with Gasteiger partial charge in [0.1, 0.15) is 5.75 Å². The second kappa shape index (κ2) is 6.97. The molecule has 2 amide bonds. The van der Waals surface area contributed by atoms with Crippen LogP contribution in [0.3, 0.4) is 0 Å². The Balaban J connectivity index is 1.53. The van der Waals surface area contributed by atoms with E-state index < -0.39 is 11.4 Å². The highest BCUT2D eigenvalue weighted by molar-refractivity contribution is 5.80. The molecule has 1 saturated carbocycles. The monoisotopic (exact) mass is 292 g/mol. The third-order valence-corrected chi connectivity index (χ3v) is 3.51. The minimum atomic E-state index is -0.834. The van der Waals surface area contributed by atoms with Gasteiger partial charge in [0, 0.05) is 13.1 Å². The highest BCUT2D eigenvalue weighted by Crippen LogP contribution is 2.45. The summed E-state index contributed by atoms with van der Waals surface area (Å²) in [6.45, 7) is 1.19. The third kappa shape index (κ3) is 4.66. The van der Waals surface area contributed by atoms with Gasteiger partial charge in [-0.3, -0.25) is 4.79 Å². The molecule has 2 rings (SSSR count). The van der Waals surface area contributed by atoms with Crippen molar-refractivity contribution in [1.29, 1.82) is 0 Å². The largest absolute Gasteiger partial charge is 0.494 e. The molecule has 0 bridgehead atoms. The molecular weight excluding hydrogens is 272 g/mol. The first-order chi connectivity index (χ1) is 10.1. The third-order valence-electron chi connectivity index (χ3n) is 3.51. The molecule has 3 N–H and O–H groups in total. The van der Waals surface area contributed by atoms with E-state index in [9.17, 15) is 9.59 Å². The van der Waals surface area contributed by atoms with Crippen LogP contribution in [0.2, 0.25) is 0 Å². The maximum atomic E-state index is 11.5. The molecule has 0 atom stereocenters. The molecule has 0 heterocycles. The van der Waals surface area contributed by atoms with Crippen LogP contribution in [0.15, 0.2) is 30.3 Å². The Labute approximate surface area is 123 Å². The standard InChI is InChI=1S/C15H20N2O4/c18-13(19)15(7-8-15)11-17-14(20)16-9-4-10-21-12-5-2-1-3-6-12/h1-3,5-6H,4,7-11H2,(H,18,19)(H2,16,17,20). The molecule has 1 aromatic rings. The second-order valence-electron chi connectivity index (χ2n) is 5.21. The number of aliphatic carboxylic acids is 1. The average Bonchev–Trinajstić information content (AvgIpc) is 3.27. The number of amides is 2. The van der Waals surface area contributed by atoms with Crippen LogP contribution in [0.4, 0.5) is 4.79 Å². The molecule has 0 saturated heterocycles. The molecule has 6 nitrogen and oxygen atoms in total. The van der Waals surface area contributed by atoms with E-state index in [0.29, 0.717) is 32.4 Å². The van der Waals surface area contributed by atoms with Crippen molar-refractivity contribution in [2.45, 2.75) is 19.3 Å². The van der Waals surface area contributed by atoms with E-state index >= 15 is 0 Å². The van der Waals surface area contributed by atoms with E-state index in [1.165, 1.54) is 0 Å². The number of hydrogen-bond acceptors (Lipinski definition) is 3. The zero-order chi connectivity index (χ0) is 15.1. The predicted octanol–water partition coefficient (Wildman–Crippen LogP) is 1.62. The lowest BCUT2D eigenvalue weighted by Gasteiger charge is -2.12. The van der Waals surface area contributed by atoms with Gasteiger partial charge in [-0.1, -0.05) is 18.2 Å². The van der Waals surface area contributed by atoms with E-state index in [4.69, 9.17) is 9.84 Å². The first-order valence-corrected chi connectivity index (χ1v) is 7.05. The van der Waals surface area contributed by atoms with Crippen molar-refractivity contribution in [3.63, 3.8) is 0 Å². The normalized spacial score (nSPS) is 15.0. The Morgan fingerprint density at radius 2 is 1.90 bits per heavy atom. The summed E-state index contributed by atoms with van der Waals surface area (Å²) < 4.78 is 5.49. The van der Waals surface area contributed by atoms with Crippen LogP contribution in [0.1, 0.15) is 19.3 Å². The quantitative estimate of drug-likeness (QED) is 0.635. The summed E-state index contributed by atoms with van der Waals surface area (Å²) in [7, 11) is 0. The van der Waals surface area contributed by atoms with Gasteiger partial charge in [0.15, 0.2) is 0 Å². The second-order valence-corrected chi connectivity index (χ2v) is 5.21. The fourth-order valence-electron chi connectivity index (χ4n) is 1.91. The van der Waals surface area contributed by atoms with Gasteiger partial charge in [-0.2, -0.15) is 0 Å². The summed E-state index contributed by atoms with van der Waals surface area (Å²) in [6.07, 6.45) is 1.95. The minimum absolute atomic E-state index is 0.189. The fourth-order valence-corrected chi connectivity index (χ4v) is 1.91. The van der Waals surface area contributed by atoms with Gasteiger partial charge in [0.25, 0.3) is 0 Å². The lowest BCUT2D eigenvalue weighted by Crippen LogP contribution is -2.41. The zero-order valence-corrected chi connectivity index (χ0v) is 11.8. The number of carbonyl (C=O) groups excluding carboxylic acids is 1. The molecule has 1 aliphatic rings. The molecule has 0 aromatic heterocycles. The molecule has 21 heavy (non-hydrogen) atoms. The van der Waals surface area contributed by atoms with Crippen molar-refractivity contribution in [2.24, 2.45) is 5.41 Å². The lowest BCUT2D eigenvalue weighted by molar-refractivity contribution is -0.143. The van der Waals surface area contributed by atoms with Crippen LogP contribution < -0.4 is 15.4 Å². The topological polar surface area (TPSA) is 87.7 Å². The van der Waals surface area contributed by atoms with Gasteiger partial charge in [0.2, 0.25) is 0 Å². The number of carboxylic acids is 1. The van der Waals surface area contributed by atoms with Gasteiger partial charge in [0.05, 0.1) is 12.0 Å². The number of para-hydroxylation sites is 1. The minimum Gasteiger partial charge on any atom is -0.494 e. The Bertz CT molecular complexity index is 486. The number of rotatable bonds is 8. The summed E-state index contributed by atoms with van der Waals surface area (Å²) in [5, 5.41) is 14.3. The van der Waals surface area contributed by atoms with E-state index in [1.54, 1.807) is 0 Å². The maximum absolute atomic E-state index is 11.5. The maximum Gasteiger partial charge on any atom is 0.314 e. The Morgan fingerprint density at radius 1 is 1.19 bits per heavy atom. The van der Waals surface area contributed by atoms with Crippen molar-refractivity contribution >= 4 is 12.0 Å². The molecule has 1 aliphatic carbocycles. The Morgan fingerprint density at radius 3 is 2.52 bits per heavy atom. The smallest absolute Gasteiger partial charge is 0.314 e. The number of nitrogens with one attached hydrogen (secondary N) is 2. The van der Waals surface area contributed by atoms with Crippen LogP contribution in [0.5, 0.6) is 5.75 Å². The Kier molecular flexibility index (Phi) is 5.03. The van der Waals surface area contributed by atoms with E-state index in [-0.39, 0.29) is 12.6 Å². The van der Waals surface area contributed by atoms with Crippen molar-refractivity contribution in [2.75, 3.05) is 19.7 Å². The predicted molar refractivity (Wildman–Crippen MR) is 77.3 cm³/mol. The number of carboxylic acid groups (broad SMARTS) is 1. The van der Waals surface area contributed by atoms with E-state index in [0.717, 1.165) is 5.75 Å². The fraction of sp³-hybridized carbons (Fsp3) is 0.467. The van der Waals surface area contributed by atoms with Crippen molar-refractivity contribution in [3.05, 3.63) is 30.3 Å². The van der Waals surface area contributed by atoms with Crippen LogP contribution in [0, 0.1) is 5.41 Å². The molecule has 1 aromatic carbocycles. The molecule has 6 heteroatoms. The van der Waals surface area contributed by atoms with Crippen LogP contribution >= 0.6 is 0 Å². The van der Waals surface area contributed by atoms with Crippen LogP contribution in [-0.2, 0) is 4.79 Å². The first kappa shape index (κ1) is 15.2. The highest BCUT2D eigenvalue weighted by atomic mass is 16.5. The average molecular weight is 292 g/mol. The Hall–Kier alpha value is -2.24. The molecular formula is C15H20N2O4. The number of hydrogen-bond donors (Lipinski definition) is 3. The summed E-state index contributed by atoms with van der Waals surface area (Å²) in [5.74, 6) is -0.0295. The zero-order valence-electron chi connectivity index (χ0n) is 11.8. The van der Waals surface area contributed by atoms with Crippen molar-refractivity contribution in [3.8, 4) is 5.75 Å². The lowest BCUT2D eigenvalue weighted by atomic mass is 10.1. The van der Waals surface area contributed by atoms with Gasteiger partial charge < -0.3 is 20.5 Å². The molecule has 0 radical (unpaired) electrons. The van der Waals surface area contributed by atoms with Crippen molar-refractivity contribution < 1.29 is 19.4 Å². The van der Waals surface area contributed by atoms with E-state index in [2.05, 4.69) is 10.6 Å². The van der Waals surface area contributed by atoms with Gasteiger partial charge >= 0.3 is 12.0 Å². The number of urea groups is 1. The number of benzene rings is 1. The highest BCUT2D eigenvalue weighted by Gasteiger charge is 2.50. The first-order valence-electron chi connectivity index (χ1n) is 7.05. The number of carbonyl (C=O) groups is 2. The molecule has 114 valence electrons. The molecule has 0 aliphatic heterocycles. The van der Waals surface area contributed by atoms with Gasteiger partial charge in [-0.15, -0.1) is 0 Å². The summed E-state index contributed by atoms with van der Waals surface area (Å²) in [4.78, 5) is 22.5. The molecule has 0 unspecified atom stereocenters. The molecule has 1 fully saturated rings. The summed E-state index contributed by atoms with van der Waals surface area (Å²) >= 11 is 0. The molecule has 0 spiro atoms. The van der Waals surface area contributed by atoms with Gasteiger partial charge in [-0.25, -0.2) is 4.79 Å². The van der Waals surface area contributed by atoms with E-state index in [1.807, 2.05) is 30.3 Å². The van der Waals surface area contributed by atoms with Crippen LogP contribution in [0.25, 0.3) is 0 Å². The summed E-state index contributed by atoms with van der Waals surface area (Å²) in [5.41, 5.74) is -0.728. The van der Waals surface area contributed by atoms with Crippen LogP contribution in [-0.4, -0.2) is 36.8 Å².